The lowest BCUT2D eigenvalue weighted by molar-refractivity contribution is 0.258. The Hall–Kier alpha value is -4.01. The topological polar surface area (TPSA) is 82.8 Å². The second-order valence-electron chi connectivity index (χ2n) is 11.9. The molecule has 1 aliphatic carbocycles. The number of aromatic nitrogens is 2. The molecular weight excluding hydrogens is 576 g/mol. The molecule has 1 aliphatic rings. The summed E-state index contributed by atoms with van der Waals surface area (Å²) in [5.74, 6) is 0. The van der Waals surface area contributed by atoms with E-state index in [2.05, 4.69) is 31.0 Å². The highest BCUT2D eigenvalue weighted by molar-refractivity contribution is 6.07. The highest BCUT2D eigenvalue weighted by Gasteiger charge is 2.29. The van der Waals surface area contributed by atoms with Crippen molar-refractivity contribution in [3.8, 4) is 0 Å². The van der Waals surface area contributed by atoms with Crippen LogP contribution < -0.4 is 31.3 Å². The summed E-state index contributed by atoms with van der Waals surface area (Å²) >= 11 is 0. The van der Waals surface area contributed by atoms with Gasteiger partial charge in [0.15, 0.2) is 0 Å². The van der Waals surface area contributed by atoms with Crippen molar-refractivity contribution < 1.29 is 4.79 Å². The van der Waals surface area contributed by atoms with Crippen LogP contribution in [0.1, 0.15) is 105 Å². The maximum Gasteiger partial charge on any atom is 0.331 e. The molecule has 0 radical (unpaired) electrons. The van der Waals surface area contributed by atoms with Gasteiger partial charge in [-0.25, -0.2) is 9.59 Å². The first-order valence-corrected chi connectivity index (χ1v) is 17.3. The number of benzene rings is 2. The van der Waals surface area contributed by atoms with Gasteiger partial charge < -0.3 is 15.1 Å². The predicted molar refractivity (Wildman–Crippen MR) is 195 cm³/mol. The van der Waals surface area contributed by atoms with Gasteiger partial charge in [0, 0.05) is 62.5 Å². The second-order valence-corrected chi connectivity index (χ2v) is 11.9. The van der Waals surface area contributed by atoms with Crippen molar-refractivity contribution in [2.24, 2.45) is 0 Å². The van der Waals surface area contributed by atoms with E-state index in [0.717, 1.165) is 63.0 Å². The van der Waals surface area contributed by atoms with Gasteiger partial charge in [-0.2, -0.15) is 0 Å². The Bertz CT molecular complexity index is 1480. The zero-order chi connectivity index (χ0) is 33.8. The molecule has 3 aromatic rings. The Morgan fingerprint density at radius 3 is 1.93 bits per heavy atom. The molecule has 0 aliphatic heterocycles. The number of carbonyl (C=O) groups is 1. The minimum absolute atomic E-state index is 0.00508. The van der Waals surface area contributed by atoms with Crippen molar-refractivity contribution in [2.45, 2.75) is 105 Å². The molecule has 1 N–H and O–H groups in total. The van der Waals surface area contributed by atoms with E-state index in [4.69, 9.17) is 0 Å². The van der Waals surface area contributed by atoms with E-state index in [1.165, 1.54) is 9.47 Å². The van der Waals surface area contributed by atoms with E-state index in [1.807, 2.05) is 88.3 Å². The van der Waals surface area contributed by atoms with Crippen molar-refractivity contribution in [3.63, 3.8) is 0 Å². The average molecular weight is 633 g/mol. The summed E-state index contributed by atoms with van der Waals surface area (Å²) in [6.45, 7) is 14.0. The smallest absolute Gasteiger partial charge is 0.331 e. The van der Waals surface area contributed by atoms with Gasteiger partial charge in [-0.15, -0.1) is 0 Å². The molecule has 4 rings (SSSR count). The number of carbonyl (C=O) groups excluding carboxylic acids is 1. The molecule has 9 nitrogen and oxygen atoms in total. The summed E-state index contributed by atoms with van der Waals surface area (Å²) in [6, 6.07) is 14.6. The van der Waals surface area contributed by atoms with E-state index in [1.54, 1.807) is 10.8 Å². The van der Waals surface area contributed by atoms with E-state index in [0.29, 0.717) is 24.2 Å². The highest BCUT2D eigenvalue weighted by Crippen LogP contribution is 2.31. The van der Waals surface area contributed by atoms with Gasteiger partial charge in [-0.1, -0.05) is 53.4 Å². The van der Waals surface area contributed by atoms with Crippen molar-refractivity contribution in [1.82, 2.24) is 9.13 Å². The van der Waals surface area contributed by atoms with Gasteiger partial charge in [-0.3, -0.25) is 18.8 Å². The second kappa shape index (κ2) is 17.6. The lowest BCUT2D eigenvalue weighted by Crippen LogP contribution is -2.46. The van der Waals surface area contributed by atoms with Gasteiger partial charge >= 0.3 is 11.7 Å². The Morgan fingerprint density at radius 2 is 1.41 bits per heavy atom. The maximum absolute atomic E-state index is 14.4. The van der Waals surface area contributed by atoms with Crippen LogP contribution in [0.25, 0.3) is 0 Å². The molecule has 1 atom stereocenters. The largest absolute Gasteiger partial charge is 0.378 e. The normalized spacial score (nSPS) is 13.7. The van der Waals surface area contributed by atoms with Crippen LogP contribution in [-0.2, 0) is 0 Å². The molecule has 252 valence electrons. The van der Waals surface area contributed by atoms with E-state index in [-0.39, 0.29) is 23.5 Å². The third-order valence-electron chi connectivity index (χ3n) is 8.87. The summed E-state index contributed by atoms with van der Waals surface area (Å²) in [6.07, 6.45) is 8.83. The summed E-state index contributed by atoms with van der Waals surface area (Å²) in [7, 11) is 3.93. The number of amides is 2. The maximum atomic E-state index is 14.4. The number of nitrogens with zero attached hydrogens (tertiary/aromatic N) is 5. The zero-order valence-electron chi connectivity index (χ0n) is 29.4. The highest BCUT2D eigenvalue weighted by atomic mass is 16.2. The number of rotatable bonds is 12. The number of hydrogen-bond acceptors (Lipinski definition) is 5. The first-order valence-electron chi connectivity index (χ1n) is 17.3. The first-order chi connectivity index (χ1) is 22.2. The van der Waals surface area contributed by atoms with Crippen LogP contribution in [0.15, 0.2) is 64.3 Å². The number of urea groups is 1. The van der Waals surface area contributed by atoms with Crippen molar-refractivity contribution in [2.75, 3.05) is 47.2 Å². The lowest BCUT2D eigenvalue weighted by Gasteiger charge is -2.30. The van der Waals surface area contributed by atoms with Crippen LogP contribution >= 0.6 is 0 Å². The van der Waals surface area contributed by atoms with Crippen LogP contribution in [0, 0.1) is 0 Å². The number of hydrogen-bond donors (Lipinski definition) is 1. The van der Waals surface area contributed by atoms with Crippen LogP contribution in [0.2, 0.25) is 0 Å². The Morgan fingerprint density at radius 1 is 0.848 bits per heavy atom. The minimum atomic E-state index is -0.459. The lowest BCUT2D eigenvalue weighted by atomic mass is 9.95. The average Bonchev–Trinajstić information content (AvgIpc) is 3.08. The van der Waals surface area contributed by atoms with Gasteiger partial charge in [0.05, 0.1) is 5.69 Å². The molecule has 0 bridgehead atoms. The quantitative estimate of drug-likeness (QED) is 0.216. The molecule has 9 heteroatoms. The van der Waals surface area contributed by atoms with E-state index >= 15 is 0 Å². The summed E-state index contributed by atoms with van der Waals surface area (Å²) < 4.78 is 3.16. The van der Waals surface area contributed by atoms with Gasteiger partial charge in [0.1, 0.15) is 5.69 Å². The molecule has 1 saturated carbocycles. The molecule has 0 spiro atoms. The number of nitrogens with one attached hydrogen (secondary N) is 1. The van der Waals surface area contributed by atoms with E-state index < -0.39 is 11.6 Å². The summed E-state index contributed by atoms with van der Waals surface area (Å²) in [5.41, 5.74) is 2.69. The summed E-state index contributed by atoms with van der Waals surface area (Å²) in [5, 5.41) is 3.02. The third-order valence-corrected chi connectivity index (χ3v) is 8.87. The molecular formula is C37H56N6O3. The van der Waals surface area contributed by atoms with Gasteiger partial charge in [0.2, 0.25) is 0 Å². The molecule has 0 saturated heterocycles. The fourth-order valence-electron chi connectivity index (χ4n) is 6.31. The van der Waals surface area contributed by atoms with Crippen LogP contribution in [0.4, 0.5) is 33.2 Å². The Kier molecular flexibility index (Phi) is 14.0. The Balaban J connectivity index is 0.00000282. The van der Waals surface area contributed by atoms with Crippen LogP contribution in [0.5, 0.6) is 0 Å². The zero-order valence-corrected chi connectivity index (χ0v) is 29.4. The molecule has 1 fully saturated rings. The van der Waals surface area contributed by atoms with Crippen molar-refractivity contribution in [3.05, 3.63) is 75.6 Å². The molecule has 2 amide bonds. The molecule has 46 heavy (non-hydrogen) atoms. The fraction of sp³-hybridized carbons (Fsp3) is 0.541. The molecule has 1 aromatic heterocycles. The molecule has 1 unspecified atom stereocenters. The van der Waals surface area contributed by atoms with Crippen molar-refractivity contribution >= 4 is 34.5 Å². The van der Waals surface area contributed by atoms with Gasteiger partial charge in [0.25, 0.3) is 5.56 Å². The molecule has 2 aromatic carbocycles. The summed E-state index contributed by atoms with van der Waals surface area (Å²) in [4.78, 5) is 48.3. The van der Waals surface area contributed by atoms with Gasteiger partial charge in [-0.05, 0) is 88.1 Å². The predicted octanol–water partition coefficient (Wildman–Crippen LogP) is 8.58. The third kappa shape index (κ3) is 8.42. The van der Waals surface area contributed by atoms with E-state index in [9.17, 15) is 14.4 Å². The van der Waals surface area contributed by atoms with Crippen LogP contribution in [-0.4, -0.2) is 42.4 Å². The van der Waals surface area contributed by atoms with Crippen LogP contribution in [0.3, 0.4) is 0 Å². The Labute approximate surface area is 275 Å². The monoisotopic (exact) mass is 632 g/mol. The standard InChI is InChI=1S/C35H50N6O3.C2H6/c1-7-14-27(8-2)41-33(42)32(25-39(35(41)44)30-15-12-11-13-16-30)40(31-23-21-29(22-24-31)38(9-3)10-4)34(43)36-26-17-19-28(20-18-26)37(5)6;1-2/h17-25,27,30H,7-16H2,1-6H3,(H,36,43);1-2H3. The van der Waals surface area contributed by atoms with Crippen molar-refractivity contribution in [1.29, 1.82) is 0 Å². The number of anilines is 5. The molecule has 1 heterocycles. The minimum Gasteiger partial charge on any atom is -0.378 e. The first kappa shape index (κ1) is 36.5. The SMILES string of the molecule is CC.CCCC(CC)n1c(=O)c(N(C(=O)Nc2ccc(N(C)C)cc2)c2ccc(N(CC)CC)cc2)cn(C2CCCCC2)c1=O. The fourth-order valence-corrected chi connectivity index (χ4v) is 6.31.